The molecule has 0 radical (unpaired) electrons. The summed E-state index contributed by atoms with van der Waals surface area (Å²) in [5, 5.41) is 0. The van der Waals surface area contributed by atoms with Crippen molar-refractivity contribution in [2.45, 2.75) is 44.8 Å². The van der Waals surface area contributed by atoms with Crippen LogP contribution >= 0.6 is 0 Å². The molecule has 1 aromatic rings. The number of anilines is 1. The highest BCUT2D eigenvalue weighted by atomic mass is 19.1. The molecule has 1 aliphatic rings. The van der Waals surface area contributed by atoms with E-state index in [2.05, 4.69) is 0 Å². The van der Waals surface area contributed by atoms with Crippen LogP contribution in [-0.2, 0) is 4.79 Å². The minimum atomic E-state index is -0.348. The second-order valence-corrected chi connectivity index (χ2v) is 5.36. The highest BCUT2D eigenvalue weighted by Gasteiger charge is 2.26. The molecule has 2 N–H and O–H groups in total. The molecule has 1 fully saturated rings. The van der Waals surface area contributed by atoms with Crippen LogP contribution in [0.25, 0.3) is 0 Å². The minimum Gasteiger partial charge on any atom is -0.488 e. The van der Waals surface area contributed by atoms with Gasteiger partial charge in [-0.25, -0.2) is 4.39 Å². The van der Waals surface area contributed by atoms with Crippen molar-refractivity contribution in [3.8, 4) is 5.75 Å². The maximum absolute atomic E-state index is 13.2. The van der Waals surface area contributed by atoms with E-state index in [9.17, 15) is 9.18 Å². The Hall–Kier alpha value is -1.78. The molecule has 0 saturated heterocycles. The molecule has 110 valence electrons. The fourth-order valence-electron chi connectivity index (χ4n) is 2.60. The van der Waals surface area contributed by atoms with Crippen LogP contribution in [0.1, 0.15) is 32.6 Å². The van der Waals surface area contributed by atoms with E-state index in [1.807, 2.05) is 7.05 Å². The van der Waals surface area contributed by atoms with E-state index in [0.29, 0.717) is 11.4 Å². The van der Waals surface area contributed by atoms with Crippen LogP contribution in [0, 0.1) is 5.82 Å². The Bertz CT molecular complexity index is 485. The Balaban J connectivity index is 1.91. The molecular weight excluding hydrogens is 259 g/mol. The predicted octanol–water partition coefficient (Wildman–Crippen LogP) is 2.58. The number of hydrogen-bond donors (Lipinski definition) is 1. The standard InChI is InChI=1S/C15H21FN2O2/c1-10(19)18(2)12-4-6-13(7-5-12)20-15-9-11(16)3-8-14(15)17/h3,8-9,12-13H,4-7,17H2,1-2H3/t12-,13+. The van der Waals surface area contributed by atoms with E-state index in [1.54, 1.807) is 11.8 Å². The Morgan fingerprint density at radius 1 is 1.35 bits per heavy atom. The molecule has 0 spiro atoms. The topological polar surface area (TPSA) is 55.6 Å². The molecule has 4 nitrogen and oxygen atoms in total. The van der Waals surface area contributed by atoms with Gasteiger partial charge in [-0.2, -0.15) is 0 Å². The first-order chi connectivity index (χ1) is 9.47. The van der Waals surface area contributed by atoms with Gasteiger partial charge in [0.15, 0.2) is 0 Å². The molecule has 0 aromatic heterocycles. The number of amides is 1. The van der Waals surface area contributed by atoms with Crippen molar-refractivity contribution in [1.29, 1.82) is 0 Å². The lowest BCUT2D eigenvalue weighted by atomic mass is 9.92. The van der Waals surface area contributed by atoms with Crippen LogP contribution < -0.4 is 10.5 Å². The Labute approximate surface area is 118 Å². The second-order valence-electron chi connectivity index (χ2n) is 5.36. The lowest BCUT2D eigenvalue weighted by Gasteiger charge is -2.34. The number of nitrogen functional groups attached to an aromatic ring is 1. The normalized spacial score (nSPS) is 22.4. The van der Waals surface area contributed by atoms with Gasteiger partial charge in [0, 0.05) is 26.1 Å². The summed E-state index contributed by atoms with van der Waals surface area (Å²) in [5.41, 5.74) is 6.23. The van der Waals surface area contributed by atoms with Gasteiger partial charge in [0.2, 0.25) is 5.91 Å². The van der Waals surface area contributed by atoms with E-state index >= 15 is 0 Å². The van der Waals surface area contributed by atoms with Crippen LogP contribution in [0.3, 0.4) is 0 Å². The first-order valence-electron chi connectivity index (χ1n) is 6.92. The number of halogens is 1. The van der Waals surface area contributed by atoms with Gasteiger partial charge in [-0.15, -0.1) is 0 Å². The number of nitrogens with two attached hydrogens (primary N) is 1. The molecule has 1 amide bonds. The summed E-state index contributed by atoms with van der Waals surface area (Å²) in [6, 6.07) is 4.43. The average molecular weight is 280 g/mol. The zero-order chi connectivity index (χ0) is 14.7. The maximum atomic E-state index is 13.2. The number of ether oxygens (including phenoxy) is 1. The monoisotopic (exact) mass is 280 g/mol. The molecule has 1 aromatic carbocycles. The Morgan fingerprint density at radius 3 is 2.60 bits per heavy atom. The van der Waals surface area contributed by atoms with Gasteiger partial charge in [-0.1, -0.05) is 0 Å². The zero-order valence-electron chi connectivity index (χ0n) is 11.9. The third-order valence-corrected chi connectivity index (χ3v) is 3.96. The molecule has 1 saturated carbocycles. The van der Waals surface area contributed by atoms with Crippen molar-refractivity contribution in [2.24, 2.45) is 0 Å². The maximum Gasteiger partial charge on any atom is 0.219 e. The lowest BCUT2D eigenvalue weighted by Crippen LogP contribution is -2.40. The van der Waals surface area contributed by atoms with Crippen molar-refractivity contribution in [2.75, 3.05) is 12.8 Å². The van der Waals surface area contributed by atoms with Crippen LogP contribution in [0.4, 0.5) is 10.1 Å². The largest absolute Gasteiger partial charge is 0.488 e. The fourth-order valence-corrected chi connectivity index (χ4v) is 2.60. The molecule has 20 heavy (non-hydrogen) atoms. The third-order valence-electron chi connectivity index (χ3n) is 3.96. The van der Waals surface area contributed by atoms with Crippen molar-refractivity contribution < 1.29 is 13.9 Å². The Kier molecular flexibility index (Phi) is 4.47. The van der Waals surface area contributed by atoms with Crippen molar-refractivity contribution >= 4 is 11.6 Å². The highest BCUT2D eigenvalue weighted by molar-refractivity contribution is 5.73. The van der Waals surface area contributed by atoms with E-state index in [4.69, 9.17) is 10.5 Å². The molecule has 0 heterocycles. The number of hydrogen-bond acceptors (Lipinski definition) is 3. The molecule has 0 unspecified atom stereocenters. The lowest BCUT2D eigenvalue weighted by molar-refractivity contribution is -0.130. The fraction of sp³-hybridized carbons (Fsp3) is 0.533. The quantitative estimate of drug-likeness (QED) is 0.866. The smallest absolute Gasteiger partial charge is 0.219 e. The van der Waals surface area contributed by atoms with Gasteiger partial charge >= 0.3 is 0 Å². The van der Waals surface area contributed by atoms with Crippen molar-refractivity contribution in [1.82, 2.24) is 4.90 Å². The second kappa shape index (κ2) is 6.11. The summed E-state index contributed by atoms with van der Waals surface area (Å²) in [6.07, 6.45) is 3.53. The highest BCUT2D eigenvalue weighted by Crippen LogP contribution is 2.29. The zero-order valence-corrected chi connectivity index (χ0v) is 11.9. The molecule has 1 aliphatic carbocycles. The molecular formula is C15H21FN2O2. The van der Waals surface area contributed by atoms with E-state index in [-0.39, 0.29) is 23.9 Å². The minimum absolute atomic E-state index is 0.0377. The number of carbonyl (C=O) groups excluding carboxylic acids is 1. The van der Waals surface area contributed by atoms with Crippen LogP contribution in [0.5, 0.6) is 5.75 Å². The summed E-state index contributed by atoms with van der Waals surface area (Å²) < 4.78 is 19.0. The van der Waals surface area contributed by atoms with Crippen molar-refractivity contribution in [3.63, 3.8) is 0 Å². The summed E-state index contributed by atoms with van der Waals surface area (Å²) in [6.45, 7) is 1.58. The molecule has 2 rings (SSSR count). The van der Waals surface area contributed by atoms with Gasteiger partial charge in [-0.3, -0.25) is 4.79 Å². The van der Waals surface area contributed by atoms with Gasteiger partial charge in [0.25, 0.3) is 0 Å². The Morgan fingerprint density at radius 2 is 2.00 bits per heavy atom. The molecule has 5 heteroatoms. The SMILES string of the molecule is CC(=O)N(C)[C@H]1CC[C@@H](Oc2cc(F)ccc2N)CC1. The first kappa shape index (κ1) is 14.6. The van der Waals surface area contributed by atoms with Gasteiger partial charge in [0.1, 0.15) is 11.6 Å². The van der Waals surface area contributed by atoms with Gasteiger partial charge in [-0.05, 0) is 37.8 Å². The van der Waals surface area contributed by atoms with Crippen molar-refractivity contribution in [3.05, 3.63) is 24.0 Å². The molecule has 0 bridgehead atoms. The van der Waals surface area contributed by atoms with E-state index < -0.39 is 0 Å². The van der Waals surface area contributed by atoms with Crippen LogP contribution in [0.2, 0.25) is 0 Å². The predicted molar refractivity (Wildman–Crippen MR) is 75.9 cm³/mol. The number of benzene rings is 1. The van der Waals surface area contributed by atoms with E-state index in [0.717, 1.165) is 25.7 Å². The van der Waals surface area contributed by atoms with E-state index in [1.165, 1.54) is 18.2 Å². The summed E-state index contributed by atoms with van der Waals surface area (Å²) >= 11 is 0. The summed E-state index contributed by atoms with van der Waals surface area (Å²) in [5.74, 6) is 0.149. The molecule has 0 atom stereocenters. The van der Waals surface area contributed by atoms with Crippen LogP contribution in [0.15, 0.2) is 18.2 Å². The summed E-state index contributed by atoms with van der Waals surface area (Å²) in [4.78, 5) is 13.1. The molecule has 0 aliphatic heterocycles. The number of rotatable bonds is 3. The first-order valence-corrected chi connectivity index (χ1v) is 6.92. The summed E-state index contributed by atoms with van der Waals surface area (Å²) in [7, 11) is 1.83. The average Bonchev–Trinajstić information content (AvgIpc) is 2.43. The van der Waals surface area contributed by atoms with Gasteiger partial charge < -0.3 is 15.4 Å². The van der Waals surface area contributed by atoms with Crippen LogP contribution in [-0.4, -0.2) is 30.0 Å². The third kappa shape index (κ3) is 3.40. The number of carbonyl (C=O) groups is 1. The number of nitrogens with zero attached hydrogens (tertiary/aromatic N) is 1. The van der Waals surface area contributed by atoms with Gasteiger partial charge in [0.05, 0.1) is 11.8 Å².